The first-order valence-corrected chi connectivity index (χ1v) is 6.46. The SMILES string of the molecule is NC(Cc1cc(F)ccc1OCC1CCC1)C(=O)O. The molecule has 1 aliphatic carbocycles. The highest BCUT2D eigenvalue weighted by Crippen LogP contribution is 2.28. The Kier molecular flexibility index (Phi) is 4.37. The fourth-order valence-corrected chi connectivity index (χ4v) is 2.04. The van der Waals surface area contributed by atoms with Gasteiger partial charge in [0.1, 0.15) is 17.6 Å². The standard InChI is InChI=1S/C14H18FNO3/c15-11-4-5-13(19-8-9-2-1-3-9)10(6-11)7-12(16)14(17)18/h4-6,9,12H,1-3,7-8,16H2,(H,17,18). The van der Waals surface area contributed by atoms with E-state index in [1.54, 1.807) is 0 Å². The van der Waals surface area contributed by atoms with Crippen LogP contribution in [0.5, 0.6) is 5.75 Å². The normalized spacial score (nSPS) is 16.7. The van der Waals surface area contributed by atoms with Crippen LogP contribution in [0, 0.1) is 11.7 Å². The van der Waals surface area contributed by atoms with Crippen LogP contribution in [0.2, 0.25) is 0 Å². The highest BCUT2D eigenvalue weighted by molar-refractivity contribution is 5.73. The maximum absolute atomic E-state index is 13.2. The van der Waals surface area contributed by atoms with Gasteiger partial charge < -0.3 is 15.6 Å². The first-order valence-electron chi connectivity index (χ1n) is 6.46. The molecule has 19 heavy (non-hydrogen) atoms. The van der Waals surface area contributed by atoms with Gasteiger partial charge in [-0.1, -0.05) is 6.42 Å². The molecule has 1 unspecified atom stereocenters. The molecule has 3 N–H and O–H groups in total. The average Bonchev–Trinajstić information content (AvgIpc) is 2.29. The van der Waals surface area contributed by atoms with E-state index in [1.807, 2.05) is 0 Å². The molecule has 0 aliphatic heterocycles. The number of ether oxygens (including phenoxy) is 1. The van der Waals surface area contributed by atoms with Crippen LogP contribution in [-0.2, 0) is 11.2 Å². The third-order valence-electron chi connectivity index (χ3n) is 3.48. The predicted octanol–water partition coefficient (Wildman–Crippen LogP) is 1.96. The molecule has 0 amide bonds. The van der Waals surface area contributed by atoms with Crippen molar-refractivity contribution >= 4 is 5.97 Å². The molecule has 1 aromatic carbocycles. The second kappa shape index (κ2) is 6.02. The summed E-state index contributed by atoms with van der Waals surface area (Å²) in [5, 5.41) is 8.81. The van der Waals surface area contributed by atoms with Crippen LogP contribution in [0.4, 0.5) is 4.39 Å². The van der Waals surface area contributed by atoms with Gasteiger partial charge in [0, 0.05) is 6.42 Å². The van der Waals surface area contributed by atoms with Crippen LogP contribution in [0.15, 0.2) is 18.2 Å². The summed E-state index contributed by atoms with van der Waals surface area (Å²) in [6.07, 6.45) is 3.61. The van der Waals surface area contributed by atoms with Crippen LogP contribution in [0.3, 0.4) is 0 Å². The number of aliphatic carboxylic acids is 1. The van der Waals surface area contributed by atoms with Crippen molar-refractivity contribution in [3.05, 3.63) is 29.6 Å². The Hall–Kier alpha value is -1.62. The van der Waals surface area contributed by atoms with E-state index in [0.717, 1.165) is 12.8 Å². The molecule has 0 spiro atoms. The molecule has 4 nitrogen and oxygen atoms in total. The zero-order chi connectivity index (χ0) is 13.8. The Morgan fingerprint density at radius 1 is 1.53 bits per heavy atom. The van der Waals surface area contributed by atoms with Crippen LogP contribution in [-0.4, -0.2) is 23.7 Å². The predicted molar refractivity (Wildman–Crippen MR) is 68.6 cm³/mol. The van der Waals surface area contributed by atoms with Gasteiger partial charge in [-0.3, -0.25) is 4.79 Å². The van der Waals surface area contributed by atoms with Crippen molar-refractivity contribution in [1.29, 1.82) is 0 Å². The second-order valence-electron chi connectivity index (χ2n) is 5.01. The molecule has 2 rings (SSSR count). The molecule has 0 aromatic heterocycles. The smallest absolute Gasteiger partial charge is 0.320 e. The van der Waals surface area contributed by atoms with Crippen molar-refractivity contribution in [2.24, 2.45) is 11.7 Å². The lowest BCUT2D eigenvalue weighted by Gasteiger charge is -2.25. The van der Waals surface area contributed by atoms with Gasteiger partial charge in [0.25, 0.3) is 0 Å². The van der Waals surface area contributed by atoms with Gasteiger partial charge in [-0.05, 0) is 42.5 Å². The summed E-state index contributed by atoms with van der Waals surface area (Å²) in [6, 6.07) is 3.09. The van der Waals surface area contributed by atoms with E-state index in [-0.39, 0.29) is 6.42 Å². The molecule has 0 radical (unpaired) electrons. The summed E-state index contributed by atoms with van der Waals surface area (Å²) in [4.78, 5) is 10.8. The van der Waals surface area contributed by atoms with E-state index in [4.69, 9.17) is 15.6 Å². The number of hydrogen-bond acceptors (Lipinski definition) is 3. The lowest BCUT2D eigenvalue weighted by Crippen LogP contribution is -2.32. The maximum Gasteiger partial charge on any atom is 0.320 e. The highest BCUT2D eigenvalue weighted by Gasteiger charge is 2.20. The molecule has 1 aliphatic rings. The van der Waals surface area contributed by atoms with Gasteiger partial charge >= 0.3 is 5.97 Å². The van der Waals surface area contributed by atoms with Gasteiger partial charge in [-0.25, -0.2) is 4.39 Å². The number of halogens is 1. The fraction of sp³-hybridized carbons (Fsp3) is 0.500. The number of benzene rings is 1. The number of rotatable bonds is 6. The summed E-state index contributed by atoms with van der Waals surface area (Å²) in [6.45, 7) is 0.598. The van der Waals surface area contributed by atoms with E-state index in [1.165, 1.54) is 24.6 Å². The van der Waals surface area contributed by atoms with Crippen LogP contribution >= 0.6 is 0 Å². The number of carboxylic acids is 1. The Balaban J connectivity index is 2.05. The monoisotopic (exact) mass is 267 g/mol. The summed E-state index contributed by atoms with van der Waals surface area (Å²) in [5.74, 6) is -0.422. The summed E-state index contributed by atoms with van der Waals surface area (Å²) < 4.78 is 18.9. The molecular formula is C14H18FNO3. The second-order valence-corrected chi connectivity index (χ2v) is 5.01. The molecular weight excluding hydrogens is 249 g/mol. The van der Waals surface area contributed by atoms with E-state index in [9.17, 15) is 9.18 Å². The topological polar surface area (TPSA) is 72.5 Å². The number of hydrogen-bond donors (Lipinski definition) is 2. The Labute approximate surface area is 111 Å². The Morgan fingerprint density at radius 3 is 2.84 bits per heavy atom. The molecule has 1 saturated carbocycles. The minimum absolute atomic E-state index is 0.0626. The van der Waals surface area contributed by atoms with Crippen LogP contribution < -0.4 is 10.5 Å². The van der Waals surface area contributed by atoms with Crippen LogP contribution in [0.1, 0.15) is 24.8 Å². The van der Waals surface area contributed by atoms with Crippen molar-refractivity contribution in [2.75, 3.05) is 6.61 Å². The Morgan fingerprint density at radius 2 is 2.26 bits per heavy atom. The van der Waals surface area contributed by atoms with Crippen molar-refractivity contribution in [2.45, 2.75) is 31.7 Å². The van der Waals surface area contributed by atoms with E-state index < -0.39 is 17.8 Å². The molecule has 1 fully saturated rings. The molecule has 104 valence electrons. The van der Waals surface area contributed by atoms with E-state index >= 15 is 0 Å². The number of nitrogens with two attached hydrogens (primary N) is 1. The first-order chi connectivity index (χ1) is 9.06. The van der Waals surface area contributed by atoms with Crippen LogP contribution in [0.25, 0.3) is 0 Å². The fourth-order valence-electron chi connectivity index (χ4n) is 2.04. The third-order valence-corrected chi connectivity index (χ3v) is 3.48. The van der Waals surface area contributed by atoms with Gasteiger partial charge in [0.2, 0.25) is 0 Å². The van der Waals surface area contributed by atoms with Gasteiger partial charge in [-0.2, -0.15) is 0 Å². The van der Waals surface area contributed by atoms with Crippen molar-refractivity contribution < 1.29 is 19.0 Å². The molecule has 5 heteroatoms. The summed E-state index contributed by atoms with van der Waals surface area (Å²) in [5.41, 5.74) is 5.99. The molecule has 0 saturated heterocycles. The number of carbonyl (C=O) groups is 1. The quantitative estimate of drug-likeness (QED) is 0.826. The zero-order valence-corrected chi connectivity index (χ0v) is 10.6. The maximum atomic E-state index is 13.2. The van der Waals surface area contributed by atoms with Crippen molar-refractivity contribution in [3.63, 3.8) is 0 Å². The average molecular weight is 267 g/mol. The lowest BCUT2D eigenvalue weighted by atomic mass is 9.86. The number of carboxylic acid groups (broad SMARTS) is 1. The first kappa shape index (κ1) is 13.8. The molecule has 1 aromatic rings. The van der Waals surface area contributed by atoms with Crippen molar-refractivity contribution in [1.82, 2.24) is 0 Å². The largest absolute Gasteiger partial charge is 0.493 e. The van der Waals surface area contributed by atoms with Gasteiger partial charge in [0.15, 0.2) is 0 Å². The highest BCUT2D eigenvalue weighted by atomic mass is 19.1. The van der Waals surface area contributed by atoms with Gasteiger partial charge in [-0.15, -0.1) is 0 Å². The summed E-state index contributed by atoms with van der Waals surface area (Å²) in [7, 11) is 0. The zero-order valence-electron chi connectivity index (χ0n) is 10.6. The third kappa shape index (κ3) is 3.67. The summed E-state index contributed by atoms with van der Waals surface area (Å²) >= 11 is 0. The van der Waals surface area contributed by atoms with E-state index in [0.29, 0.717) is 23.8 Å². The minimum atomic E-state index is -1.10. The minimum Gasteiger partial charge on any atom is -0.493 e. The lowest BCUT2D eigenvalue weighted by molar-refractivity contribution is -0.138. The van der Waals surface area contributed by atoms with Crippen molar-refractivity contribution in [3.8, 4) is 5.75 Å². The molecule has 1 atom stereocenters. The molecule has 0 bridgehead atoms. The Bertz CT molecular complexity index is 460. The molecule has 0 heterocycles. The van der Waals surface area contributed by atoms with Gasteiger partial charge in [0.05, 0.1) is 6.61 Å². The van der Waals surface area contributed by atoms with E-state index in [2.05, 4.69) is 0 Å².